The van der Waals surface area contributed by atoms with Gasteiger partial charge in [0.05, 0.1) is 25.5 Å². The molecule has 0 N–H and O–H groups in total. The molecule has 0 aliphatic rings. The third kappa shape index (κ3) is 3.52. The summed E-state index contributed by atoms with van der Waals surface area (Å²) in [6.45, 7) is 5.30. The molecule has 1 heterocycles. The number of carbonyl (C=O) groups is 1. The van der Waals surface area contributed by atoms with E-state index in [-0.39, 0.29) is 0 Å². The number of esters is 1. The lowest BCUT2D eigenvalue weighted by Gasteiger charge is -2.06. The van der Waals surface area contributed by atoms with E-state index in [0.29, 0.717) is 25.5 Å². The molecule has 0 radical (unpaired) electrons. The zero-order chi connectivity index (χ0) is 12.7. The Balaban J connectivity index is 2.88. The second-order valence-corrected chi connectivity index (χ2v) is 3.57. The number of hydrogen-bond acceptors (Lipinski definition) is 5. The molecule has 1 aromatic heterocycles. The van der Waals surface area contributed by atoms with Crippen LogP contribution in [0.4, 0.5) is 0 Å². The van der Waals surface area contributed by atoms with Crippen molar-refractivity contribution in [3.63, 3.8) is 0 Å². The summed E-state index contributed by atoms with van der Waals surface area (Å²) in [5.74, 6) is -0.403. The van der Waals surface area contributed by atoms with E-state index in [0.717, 1.165) is 18.5 Å². The highest BCUT2D eigenvalue weighted by Gasteiger charge is 2.19. The van der Waals surface area contributed by atoms with Crippen molar-refractivity contribution in [1.29, 1.82) is 0 Å². The second kappa shape index (κ2) is 7.01. The number of methoxy groups -OCH3 is 1. The van der Waals surface area contributed by atoms with E-state index in [4.69, 9.17) is 9.47 Å². The van der Waals surface area contributed by atoms with Gasteiger partial charge in [0.15, 0.2) is 5.69 Å². The first kappa shape index (κ1) is 13.6. The second-order valence-electron chi connectivity index (χ2n) is 3.57. The van der Waals surface area contributed by atoms with E-state index in [1.54, 1.807) is 18.7 Å². The van der Waals surface area contributed by atoms with Crippen molar-refractivity contribution in [2.24, 2.45) is 0 Å². The Morgan fingerprint density at radius 2 is 2.18 bits per heavy atom. The molecule has 0 amide bonds. The number of carbonyl (C=O) groups excluding carboxylic acids is 1. The fourth-order valence-electron chi connectivity index (χ4n) is 1.53. The minimum atomic E-state index is -0.403. The van der Waals surface area contributed by atoms with Gasteiger partial charge in [0.1, 0.15) is 0 Å². The zero-order valence-electron chi connectivity index (χ0n) is 10.6. The van der Waals surface area contributed by atoms with Crippen LogP contribution in [-0.2, 0) is 22.4 Å². The first-order valence-corrected chi connectivity index (χ1v) is 5.83. The highest BCUT2D eigenvalue weighted by atomic mass is 16.5. The summed E-state index contributed by atoms with van der Waals surface area (Å²) in [4.78, 5) is 11.7. The van der Waals surface area contributed by atoms with E-state index in [2.05, 4.69) is 10.3 Å². The molecule has 0 aliphatic heterocycles. The van der Waals surface area contributed by atoms with Gasteiger partial charge in [0, 0.05) is 7.11 Å². The fraction of sp³-hybridized carbons (Fsp3) is 0.727. The molecule has 6 heteroatoms. The monoisotopic (exact) mass is 241 g/mol. The van der Waals surface area contributed by atoms with Crippen LogP contribution in [0.15, 0.2) is 0 Å². The Bertz CT molecular complexity index is 363. The minimum Gasteiger partial charge on any atom is -0.461 e. The summed E-state index contributed by atoms with van der Waals surface area (Å²) >= 11 is 0. The normalized spacial score (nSPS) is 10.5. The van der Waals surface area contributed by atoms with Crippen LogP contribution in [-0.4, -0.2) is 41.3 Å². The van der Waals surface area contributed by atoms with Gasteiger partial charge in [-0.05, 0) is 13.3 Å². The van der Waals surface area contributed by atoms with Crippen LogP contribution < -0.4 is 0 Å². The molecule has 6 nitrogen and oxygen atoms in total. The predicted octanol–water partition coefficient (Wildman–Crippen LogP) is 1.05. The standard InChI is InChI=1S/C11H19N3O3/c1-4-6-9-10(11(15)17-5-2)12-13-14(9)7-8-16-3/h4-8H2,1-3H3. The molecule has 0 atom stereocenters. The van der Waals surface area contributed by atoms with Crippen molar-refractivity contribution >= 4 is 5.97 Å². The van der Waals surface area contributed by atoms with E-state index in [1.807, 2.05) is 6.92 Å². The van der Waals surface area contributed by atoms with Gasteiger partial charge in [-0.25, -0.2) is 9.48 Å². The summed E-state index contributed by atoms with van der Waals surface area (Å²) in [6, 6.07) is 0. The van der Waals surface area contributed by atoms with Gasteiger partial charge in [-0.2, -0.15) is 0 Å². The molecule has 0 fully saturated rings. The minimum absolute atomic E-state index is 0.324. The SMILES string of the molecule is CCCc1c(C(=O)OCC)nnn1CCOC. The molecule has 17 heavy (non-hydrogen) atoms. The van der Waals surface area contributed by atoms with Gasteiger partial charge in [-0.1, -0.05) is 18.6 Å². The smallest absolute Gasteiger partial charge is 0.360 e. The van der Waals surface area contributed by atoms with Crippen LogP contribution in [0.2, 0.25) is 0 Å². The fourth-order valence-corrected chi connectivity index (χ4v) is 1.53. The summed E-state index contributed by atoms with van der Waals surface area (Å²) in [5, 5.41) is 7.85. The Morgan fingerprint density at radius 1 is 1.41 bits per heavy atom. The number of nitrogens with zero attached hydrogens (tertiary/aromatic N) is 3. The average molecular weight is 241 g/mol. The van der Waals surface area contributed by atoms with E-state index in [1.165, 1.54) is 0 Å². The van der Waals surface area contributed by atoms with Crippen LogP contribution in [0.3, 0.4) is 0 Å². The largest absolute Gasteiger partial charge is 0.461 e. The first-order chi connectivity index (χ1) is 8.24. The molecular weight excluding hydrogens is 222 g/mol. The van der Waals surface area contributed by atoms with Crippen molar-refractivity contribution < 1.29 is 14.3 Å². The topological polar surface area (TPSA) is 66.2 Å². The van der Waals surface area contributed by atoms with Crippen LogP contribution in [0.25, 0.3) is 0 Å². The maximum Gasteiger partial charge on any atom is 0.360 e. The third-order valence-electron chi connectivity index (χ3n) is 2.30. The van der Waals surface area contributed by atoms with E-state index in [9.17, 15) is 4.79 Å². The lowest BCUT2D eigenvalue weighted by Crippen LogP contribution is -2.13. The highest BCUT2D eigenvalue weighted by Crippen LogP contribution is 2.10. The van der Waals surface area contributed by atoms with E-state index < -0.39 is 5.97 Å². The molecule has 0 unspecified atom stereocenters. The molecule has 0 bridgehead atoms. The molecular formula is C11H19N3O3. The molecule has 1 rings (SSSR count). The van der Waals surface area contributed by atoms with Gasteiger partial charge in [-0.15, -0.1) is 5.10 Å². The lowest BCUT2D eigenvalue weighted by molar-refractivity contribution is 0.0518. The highest BCUT2D eigenvalue weighted by molar-refractivity contribution is 5.88. The Hall–Kier alpha value is -1.43. The predicted molar refractivity (Wildman–Crippen MR) is 61.8 cm³/mol. The van der Waals surface area contributed by atoms with Crippen molar-refractivity contribution in [3.8, 4) is 0 Å². The number of hydrogen-bond donors (Lipinski definition) is 0. The molecule has 96 valence electrons. The summed E-state index contributed by atoms with van der Waals surface area (Å²) in [6.07, 6.45) is 1.68. The Labute approximate surface area is 101 Å². The van der Waals surface area contributed by atoms with Crippen molar-refractivity contribution in [2.45, 2.75) is 33.2 Å². The van der Waals surface area contributed by atoms with Gasteiger partial charge in [0.25, 0.3) is 0 Å². The molecule has 0 saturated heterocycles. The number of ether oxygens (including phenoxy) is 2. The third-order valence-corrected chi connectivity index (χ3v) is 2.30. The molecule has 0 aromatic carbocycles. The van der Waals surface area contributed by atoms with Crippen molar-refractivity contribution in [1.82, 2.24) is 15.0 Å². The maximum atomic E-state index is 11.7. The Kier molecular flexibility index (Phi) is 5.62. The molecule has 0 spiro atoms. The summed E-state index contributed by atoms with van der Waals surface area (Å²) in [7, 11) is 1.63. The van der Waals surface area contributed by atoms with Gasteiger partial charge in [0.2, 0.25) is 0 Å². The zero-order valence-corrected chi connectivity index (χ0v) is 10.6. The lowest BCUT2D eigenvalue weighted by atomic mass is 10.2. The van der Waals surface area contributed by atoms with Gasteiger partial charge in [-0.3, -0.25) is 0 Å². The summed E-state index contributed by atoms with van der Waals surface area (Å²) < 4.78 is 11.6. The molecule has 1 aromatic rings. The maximum absolute atomic E-state index is 11.7. The number of rotatable bonds is 7. The quantitative estimate of drug-likeness (QED) is 0.668. The van der Waals surface area contributed by atoms with Crippen LogP contribution in [0.1, 0.15) is 36.5 Å². The van der Waals surface area contributed by atoms with Crippen LogP contribution in [0, 0.1) is 0 Å². The van der Waals surface area contributed by atoms with Crippen molar-refractivity contribution in [2.75, 3.05) is 20.3 Å². The van der Waals surface area contributed by atoms with Gasteiger partial charge >= 0.3 is 5.97 Å². The average Bonchev–Trinajstić information content (AvgIpc) is 2.70. The van der Waals surface area contributed by atoms with E-state index >= 15 is 0 Å². The van der Waals surface area contributed by atoms with Crippen molar-refractivity contribution in [3.05, 3.63) is 11.4 Å². The van der Waals surface area contributed by atoms with Gasteiger partial charge < -0.3 is 9.47 Å². The summed E-state index contributed by atoms with van der Waals surface area (Å²) in [5.41, 5.74) is 1.15. The molecule has 0 saturated carbocycles. The Morgan fingerprint density at radius 3 is 2.76 bits per heavy atom. The first-order valence-electron chi connectivity index (χ1n) is 5.83. The molecule has 0 aliphatic carbocycles. The number of aromatic nitrogens is 3. The van der Waals surface area contributed by atoms with Crippen LogP contribution in [0.5, 0.6) is 0 Å². The van der Waals surface area contributed by atoms with Crippen LogP contribution >= 0.6 is 0 Å².